The van der Waals surface area contributed by atoms with Crippen molar-refractivity contribution < 1.29 is 62.3 Å². The lowest BCUT2D eigenvalue weighted by Crippen LogP contribution is -2.52. The lowest BCUT2D eigenvalue weighted by atomic mass is 10.1. The summed E-state index contributed by atoms with van der Waals surface area (Å²) in [6, 6.07) is 2.81. The minimum Gasteiger partial charge on any atom is -0.477 e. The molecule has 0 radical (unpaired) electrons. The molecule has 1 rings (SSSR count). The summed E-state index contributed by atoms with van der Waals surface area (Å²) in [6.45, 7) is 24.7. The molecule has 0 saturated heterocycles. The van der Waals surface area contributed by atoms with Gasteiger partial charge >= 0.3 is 36.6 Å². The van der Waals surface area contributed by atoms with E-state index in [2.05, 4.69) is 36.1 Å². The first kappa shape index (κ1) is 57.7. The van der Waals surface area contributed by atoms with Gasteiger partial charge in [0.15, 0.2) is 5.84 Å². The van der Waals surface area contributed by atoms with Crippen molar-refractivity contribution in [1.82, 2.24) is 35.9 Å². The van der Waals surface area contributed by atoms with Crippen LogP contribution in [0.1, 0.15) is 148 Å². The Morgan fingerprint density at radius 3 is 1.59 bits per heavy atom. The van der Waals surface area contributed by atoms with Crippen LogP contribution in [0.2, 0.25) is 0 Å². The van der Waals surface area contributed by atoms with Gasteiger partial charge in [-0.25, -0.2) is 38.6 Å². The van der Waals surface area contributed by atoms with Crippen LogP contribution in [0.15, 0.2) is 22.1 Å². The molecule has 23 nitrogen and oxygen atoms in total. The Labute approximate surface area is 387 Å². The molecule has 5 N–H and O–H groups in total. The second kappa shape index (κ2) is 25.4. The molecule has 0 spiro atoms. The number of ether oxygens (including phenoxy) is 6. The molecule has 0 atom stereocenters. The van der Waals surface area contributed by atoms with Crippen LogP contribution >= 0.6 is 0 Å². The maximum absolute atomic E-state index is 13.7. The number of carbonyl (C=O) groups excluding carboxylic acids is 5. The molecule has 0 aromatic carbocycles. The highest BCUT2D eigenvalue weighted by atomic mass is 16.6. The van der Waals surface area contributed by atoms with Crippen LogP contribution < -0.4 is 20.7 Å². The molecule has 0 saturated carbocycles. The standard InChI is InChI=1S/C43H72N10O13/c1-39(2,3)62-33(54)46-30(44)28-22-23-29(51-50-28)61-27-21-26-53(38(60)66-43(13,14)15)32(49-36(57)65-42(10,11)12)52(37(58)59)25-20-18-16-17-19-24-45-31(47-34(55)63-40(4,5)6)48-35(56)64-41(7,8)9/h22-23H,16-21,24-27H2,1-15H3,(H,58,59)(H2,44,46,54)(H2,45,47,48,55,56)/b49-32+. The molecule has 0 unspecified atom stereocenters. The number of hydrogen-bond donors (Lipinski definition) is 5. The van der Waals surface area contributed by atoms with Gasteiger partial charge in [0.2, 0.25) is 17.8 Å². The van der Waals surface area contributed by atoms with Crippen molar-refractivity contribution in [3.8, 4) is 5.88 Å². The van der Waals surface area contributed by atoms with Crippen molar-refractivity contribution in [2.45, 2.75) is 170 Å². The van der Waals surface area contributed by atoms with Gasteiger partial charge in [0.05, 0.1) is 6.61 Å². The zero-order valence-electron chi connectivity index (χ0n) is 41.3. The second-order valence-electron chi connectivity index (χ2n) is 19.7. The average Bonchev–Trinajstić information content (AvgIpc) is 3.09. The first-order valence-electron chi connectivity index (χ1n) is 21.6. The van der Waals surface area contributed by atoms with Crippen molar-refractivity contribution in [3.05, 3.63) is 17.8 Å². The SMILES string of the molecule is CC(C)(C)OC(=O)/N=C(\NCCCCCCCN(C(=O)O)/C(=N\C(=O)OC(C)(C)C)N(CCCOc1ccc(C(=N)NC(=O)OC(C)(C)C)nn1)C(=O)OC(C)(C)C)NC(=O)OC(C)(C)C. The van der Waals surface area contributed by atoms with Gasteiger partial charge in [-0.15, -0.1) is 20.2 Å². The lowest BCUT2D eigenvalue weighted by molar-refractivity contribution is 0.0340. The molecule has 0 bridgehead atoms. The van der Waals surface area contributed by atoms with Gasteiger partial charge in [-0.05, 0) is 129 Å². The Morgan fingerprint density at radius 2 is 1.09 bits per heavy atom. The van der Waals surface area contributed by atoms with E-state index in [-0.39, 0.29) is 49.5 Å². The largest absolute Gasteiger partial charge is 0.477 e. The normalized spacial score (nSPS) is 12.5. The molecule has 1 heterocycles. The van der Waals surface area contributed by atoms with Gasteiger partial charge < -0.3 is 38.8 Å². The summed E-state index contributed by atoms with van der Waals surface area (Å²) >= 11 is 0. The summed E-state index contributed by atoms with van der Waals surface area (Å²) in [4.78, 5) is 86.1. The van der Waals surface area contributed by atoms with Crippen LogP contribution in [0.3, 0.4) is 0 Å². The van der Waals surface area contributed by atoms with Crippen LogP contribution in [-0.4, -0.2) is 134 Å². The molecule has 6 amide bonds. The van der Waals surface area contributed by atoms with E-state index in [4.69, 9.17) is 33.8 Å². The molecule has 372 valence electrons. The zero-order chi connectivity index (χ0) is 50.7. The van der Waals surface area contributed by atoms with Gasteiger partial charge in [-0.1, -0.05) is 19.3 Å². The van der Waals surface area contributed by atoms with E-state index in [1.54, 1.807) is 104 Å². The molecule has 0 fully saturated rings. The van der Waals surface area contributed by atoms with E-state index in [0.29, 0.717) is 38.6 Å². The number of amidine groups is 1. The predicted molar refractivity (Wildman–Crippen MR) is 244 cm³/mol. The van der Waals surface area contributed by atoms with Gasteiger partial charge in [0.25, 0.3) is 0 Å². The van der Waals surface area contributed by atoms with E-state index in [0.717, 1.165) is 9.80 Å². The molecule has 0 aliphatic heterocycles. The maximum Gasteiger partial charge on any atom is 0.437 e. The Kier molecular flexibility index (Phi) is 22.2. The number of nitrogens with one attached hydrogen (secondary N) is 4. The number of hydrogen-bond acceptors (Lipinski definition) is 15. The lowest BCUT2D eigenvalue weighted by Gasteiger charge is -2.32. The first-order chi connectivity index (χ1) is 30.1. The van der Waals surface area contributed by atoms with E-state index < -0.39 is 70.5 Å². The fourth-order valence-corrected chi connectivity index (χ4v) is 4.92. The fourth-order valence-electron chi connectivity index (χ4n) is 4.92. The van der Waals surface area contributed by atoms with Crippen molar-refractivity contribution in [2.75, 3.05) is 26.2 Å². The third kappa shape index (κ3) is 27.1. The Hall–Kier alpha value is -6.29. The third-order valence-electron chi connectivity index (χ3n) is 7.28. The zero-order valence-corrected chi connectivity index (χ0v) is 41.3. The molecule has 66 heavy (non-hydrogen) atoms. The van der Waals surface area contributed by atoms with Crippen LogP contribution in [0.25, 0.3) is 0 Å². The van der Waals surface area contributed by atoms with E-state index in [1.165, 1.54) is 12.1 Å². The summed E-state index contributed by atoms with van der Waals surface area (Å²) < 4.78 is 32.4. The number of aromatic nitrogens is 2. The third-order valence-corrected chi connectivity index (χ3v) is 7.28. The summed E-state index contributed by atoms with van der Waals surface area (Å²) in [5.74, 6) is -0.989. The quantitative estimate of drug-likeness (QED) is 0.0511. The number of nitrogens with zero attached hydrogens (tertiary/aromatic N) is 6. The van der Waals surface area contributed by atoms with Crippen LogP contribution in [0.4, 0.5) is 28.8 Å². The molecule has 0 aliphatic rings. The average molecular weight is 937 g/mol. The number of alkyl carbamates (subject to hydrolysis) is 2. The number of amides is 6. The highest BCUT2D eigenvalue weighted by Gasteiger charge is 2.33. The molecular formula is C43H72N10O13. The minimum absolute atomic E-state index is 0.0310. The molecule has 23 heteroatoms. The Balaban J connectivity index is 3.14. The number of unbranched alkanes of at least 4 members (excludes halogenated alkanes) is 4. The number of carbonyl (C=O) groups is 6. The topological polar surface area (TPSA) is 295 Å². The van der Waals surface area contributed by atoms with Crippen LogP contribution in [0.5, 0.6) is 5.88 Å². The summed E-state index contributed by atoms with van der Waals surface area (Å²) in [6.07, 6.45) is -3.47. The highest BCUT2D eigenvalue weighted by molar-refractivity contribution is 6.05. The van der Waals surface area contributed by atoms with Gasteiger partial charge in [0.1, 0.15) is 33.7 Å². The molecule has 1 aromatic heterocycles. The Morgan fingerprint density at radius 1 is 0.606 bits per heavy atom. The summed E-state index contributed by atoms with van der Waals surface area (Å²) in [5.41, 5.74) is -4.38. The van der Waals surface area contributed by atoms with Gasteiger partial charge in [-0.3, -0.25) is 16.0 Å². The van der Waals surface area contributed by atoms with Crippen molar-refractivity contribution >= 4 is 54.3 Å². The number of guanidine groups is 2. The number of aliphatic imine (C=N–C) groups is 2. The van der Waals surface area contributed by atoms with E-state index in [9.17, 15) is 33.9 Å². The molecule has 0 aliphatic carbocycles. The van der Waals surface area contributed by atoms with Crippen LogP contribution in [-0.2, 0) is 23.7 Å². The summed E-state index contributed by atoms with van der Waals surface area (Å²) in [7, 11) is 0. The monoisotopic (exact) mass is 937 g/mol. The summed E-state index contributed by atoms with van der Waals surface area (Å²) in [5, 5.41) is 34.0. The number of rotatable bonds is 14. The van der Waals surface area contributed by atoms with E-state index >= 15 is 0 Å². The van der Waals surface area contributed by atoms with Crippen LogP contribution in [0, 0.1) is 5.41 Å². The maximum atomic E-state index is 13.7. The fraction of sp³-hybridized carbons (Fsp3) is 0.698. The predicted octanol–water partition coefficient (Wildman–Crippen LogP) is 7.96. The van der Waals surface area contributed by atoms with Crippen molar-refractivity contribution in [2.24, 2.45) is 9.98 Å². The van der Waals surface area contributed by atoms with Crippen molar-refractivity contribution in [1.29, 1.82) is 5.41 Å². The smallest absolute Gasteiger partial charge is 0.437 e. The van der Waals surface area contributed by atoms with Crippen molar-refractivity contribution in [3.63, 3.8) is 0 Å². The molecule has 1 aromatic rings. The minimum atomic E-state index is -1.50. The van der Waals surface area contributed by atoms with E-state index in [1.807, 2.05) is 0 Å². The highest BCUT2D eigenvalue weighted by Crippen LogP contribution is 2.17. The molecular weight excluding hydrogens is 865 g/mol. The second-order valence-corrected chi connectivity index (χ2v) is 19.7. The first-order valence-corrected chi connectivity index (χ1v) is 21.6. The van der Waals surface area contributed by atoms with Gasteiger partial charge in [0, 0.05) is 25.7 Å². The number of carboxylic acid groups (broad SMARTS) is 1. The van der Waals surface area contributed by atoms with Gasteiger partial charge in [-0.2, -0.15) is 0 Å². The Bertz CT molecular complexity index is 1870.